The summed E-state index contributed by atoms with van der Waals surface area (Å²) in [7, 11) is 0. The van der Waals surface area contributed by atoms with E-state index in [-0.39, 0.29) is 5.28 Å². The van der Waals surface area contributed by atoms with Gasteiger partial charge in [0.15, 0.2) is 5.82 Å². The summed E-state index contributed by atoms with van der Waals surface area (Å²) >= 11 is 11.9. The summed E-state index contributed by atoms with van der Waals surface area (Å²) in [4.78, 5) is 8.03. The van der Waals surface area contributed by atoms with Crippen molar-refractivity contribution < 1.29 is 0 Å². The molecule has 18 heavy (non-hydrogen) atoms. The van der Waals surface area contributed by atoms with Crippen LogP contribution < -0.4 is 11.1 Å². The highest BCUT2D eigenvalue weighted by Gasteiger charge is 2.08. The fourth-order valence-electron chi connectivity index (χ4n) is 1.45. The second-order valence-electron chi connectivity index (χ2n) is 3.93. The smallest absolute Gasteiger partial charge is 0.224 e. The van der Waals surface area contributed by atoms with Crippen molar-refractivity contribution in [1.82, 2.24) is 9.97 Å². The molecule has 0 aliphatic rings. The largest absolute Gasteiger partial charge is 0.394 e. The number of anilines is 3. The van der Waals surface area contributed by atoms with E-state index < -0.39 is 0 Å². The van der Waals surface area contributed by atoms with E-state index in [1.54, 1.807) is 6.92 Å². The topological polar surface area (TPSA) is 63.8 Å². The normalized spacial score (nSPS) is 10.4. The number of aromatic nitrogens is 2. The van der Waals surface area contributed by atoms with Gasteiger partial charge in [-0.25, -0.2) is 4.98 Å². The van der Waals surface area contributed by atoms with Crippen LogP contribution in [0, 0.1) is 13.8 Å². The van der Waals surface area contributed by atoms with Gasteiger partial charge in [0.1, 0.15) is 0 Å². The zero-order valence-corrected chi connectivity index (χ0v) is 11.5. The Morgan fingerprint density at radius 3 is 2.56 bits per heavy atom. The summed E-state index contributed by atoms with van der Waals surface area (Å²) in [6.07, 6.45) is 0. The van der Waals surface area contributed by atoms with Crippen LogP contribution in [0.4, 0.5) is 17.2 Å². The Hall–Kier alpha value is -1.52. The molecule has 2 aromatic rings. The van der Waals surface area contributed by atoms with E-state index in [1.165, 1.54) is 0 Å². The predicted molar refractivity (Wildman–Crippen MR) is 75.7 cm³/mol. The number of rotatable bonds is 2. The lowest BCUT2D eigenvalue weighted by molar-refractivity contribution is 1.11. The van der Waals surface area contributed by atoms with Gasteiger partial charge in [0, 0.05) is 10.7 Å². The average molecular weight is 283 g/mol. The Morgan fingerprint density at radius 1 is 1.17 bits per heavy atom. The molecular formula is C12H12Cl2N4. The third kappa shape index (κ3) is 2.66. The molecule has 0 saturated heterocycles. The van der Waals surface area contributed by atoms with Crippen molar-refractivity contribution in [3.8, 4) is 0 Å². The van der Waals surface area contributed by atoms with Gasteiger partial charge in [-0.05, 0) is 43.1 Å². The maximum absolute atomic E-state index is 6.05. The molecule has 1 aromatic heterocycles. The lowest BCUT2D eigenvalue weighted by Crippen LogP contribution is -2.03. The first-order valence-electron chi connectivity index (χ1n) is 5.30. The van der Waals surface area contributed by atoms with Crippen LogP contribution in [-0.2, 0) is 0 Å². The number of nitrogens with one attached hydrogen (secondary N) is 1. The van der Waals surface area contributed by atoms with Crippen molar-refractivity contribution in [3.05, 3.63) is 39.8 Å². The van der Waals surface area contributed by atoms with Gasteiger partial charge in [0.25, 0.3) is 0 Å². The molecule has 4 nitrogen and oxygen atoms in total. The van der Waals surface area contributed by atoms with Gasteiger partial charge >= 0.3 is 0 Å². The molecule has 1 heterocycles. The molecule has 0 unspecified atom stereocenters. The maximum Gasteiger partial charge on any atom is 0.224 e. The van der Waals surface area contributed by atoms with Crippen molar-refractivity contribution in [2.75, 3.05) is 11.1 Å². The van der Waals surface area contributed by atoms with Gasteiger partial charge in [-0.2, -0.15) is 4.98 Å². The average Bonchev–Trinajstić information content (AvgIpc) is 2.30. The van der Waals surface area contributed by atoms with Crippen LogP contribution in [0.2, 0.25) is 10.3 Å². The molecule has 94 valence electrons. The minimum Gasteiger partial charge on any atom is -0.394 e. The SMILES string of the molecule is Cc1ccc(Nc2nc(Cl)nc(C)c2N)cc1Cl. The molecule has 0 bridgehead atoms. The van der Waals surface area contributed by atoms with E-state index in [0.29, 0.717) is 22.2 Å². The van der Waals surface area contributed by atoms with Gasteiger partial charge in [-0.1, -0.05) is 17.7 Å². The molecule has 1 aromatic carbocycles. The lowest BCUT2D eigenvalue weighted by atomic mass is 10.2. The van der Waals surface area contributed by atoms with Crippen LogP contribution >= 0.6 is 23.2 Å². The molecule has 0 aliphatic heterocycles. The van der Waals surface area contributed by atoms with Crippen LogP contribution in [0.15, 0.2) is 18.2 Å². The Bertz CT molecular complexity index is 599. The minimum atomic E-state index is 0.155. The Balaban J connectivity index is 2.36. The van der Waals surface area contributed by atoms with E-state index in [1.807, 2.05) is 25.1 Å². The van der Waals surface area contributed by atoms with Gasteiger partial charge in [0.2, 0.25) is 5.28 Å². The van der Waals surface area contributed by atoms with Crippen LogP contribution in [0.1, 0.15) is 11.3 Å². The van der Waals surface area contributed by atoms with Gasteiger partial charge in [-0.3, -0.25) is 0 Å². The molecular weight excluding hydrogens is 271 g/mol. The molecule has 0 aliphatic carbocycles. The summed E-state index contributed by atoms with van der Waals surface area (Å²) in [6.45, 7) is 3.71. The minimum absolute atomic E-state index is 0.155. The fraction of sp³-hybridized carbons (Fsp3) is 0.167. The van der Waals surface area contributed by atoms with Gasteiger partial charge in [-0.15, -0.1) is 0 Å². The molecule has 0 saturated carbocycles. The number of hydrogen-bond acceptors (Lipinski definition) is 4. The lowest BCUT2D eigenvalue weighted by Gasteiger charge is -2.11. The number of nitrogens with two attached hydrogens (primary N) is 1. The van der Waals surface area contributed by atoms with E-state index in [2.05, 4.69) is 15.3 Å². The first kappa shape index (κ1) is 12.9. The summed E-state index contributed by atoms with van der Waals surface area (Å²) in [5, 5.41) is 3.91. The van der Waals surface area contributed by atoms with Crippen LogP contribution in [0.5, 0.6) is 0 Å². The highest BCUT2D eigenvalue weighted by atomic mass is 35.5. The van der Waals surface area contributed by atoms with Crippen LogP contribution in [-0.4, -0.2) is 9.97 Å². The monoisotopic (exact) mass is 282 g/mol. The Labute approximate surface area is 115 Å². The maximum atomic E-state index is 6.05. The number of halogens is 2. The molecule has 0 spiro atoms. The molecule has 0 atom stereocenters. The van der Waals surface area contributed by atoms with Crippen molar-refractivity contribution in [1.29, 1.82) is 0 Å². The molecule has 0 fully saturated rings. The second kappa shape index (κ2) is 5.00. The van der Waals surface area contributed by atoms with E-state index in [4.69, 9.17) is 28.9 Å². The predicted octanol–water partition coefficient (Wildman–Crippen LogP) is 3.73. The quantitative estimate of drug-likeness (QED) is 0.824. The molecule has 2 rings (SSSR count). The van der Waals surface area contributed by atoms with Crippen molar-refractivity contribution in [2.24, 2.45) is 0 Å². The van der Waals surface area contributed by atoms with Crippen molar-refractivity contribution in [2.45, 2.75) is 13.8 Å². The molecule has 3 N–H and O–H groups in total. The second-order valence-corrected chi connectivity index (χ2v) is 4.67. The number of nitrogens with zero attached hydrogens (tertiary/aromatic N) is 2. The summed E-state index contributed by atoms with van der Waals surface area (Å²) in [6, 6.07) is 5.62. The Kier molecular flexibility index (Phi) is 3.59. The zero-order valence-electron chi connectivity index (χ0n) is 9.96. The number of hydrogen-bond donors (Lipinski definition) is 2. The molecule has 6 heteroatoms. The number of nitrogen functional groups attached to an aromatic ring is 1. The van der Waals surface area contributed by atoms with Crippen LogP contribution in [0.3, 0.4) is 0 Å². The number of benzene rings is 1. The van der Waals surface area contributed by atoms with Gasteiger partial charge < -0.3 is 11.1 Å². The molecule has 0 radical (unpaired) electrons. The third-order valence-corrected chi connectivity index (χ3v) is 3.12. The summed E-state index contributed by atoms with van der Waals surface area (Å²) < 4.78 is 0. The first-order valence-corrected chi connectivity index (χ1v) is 6.06. The van der Waals surface area contributed by atoms with E-state index in [0.717, 1.165) is 11.3 Å². The third-order valence-electron chi connectivity index (χ3n) is 2.54. The zero-order chi connectivity index (χ0) is 13.3. The first-order chi connectivity index (χ1) is 8.47. The highest BCUT2D eigenvalue weighted by Crippen LogP contribution is 2.27. The van der Waals surface area contributed by atoms with Crippen LogP contribution in [0.25, 0.3) is 0 Å². The summed E-state index contributed by atoms with van der Waals surface area (Å²) in [5.41, 5.74) is 8.80. The fourth-order valence-corrected chi connectivity index (χ4v) is 1.84. The molecule has 0 amide bonds. The van der Waals surface area contributed by atoms with Gasteiger partial charge in [0.05, 0.1) is 11.4 Å². The Morgan fingerprint density at radius 2 is 1.89 bits per heavy atom. The van der Waals surface area contributed by atoms with E-state index in [9.17, 15) is 0 Å². The van der Waals surface area contributed by atoms with E-state index >= 15 is 0 Å². The van der Waals surface area contributed by atoms with Crippen molar-refractivity contribution >= 4 is 40.4 Å². The highest BCUT2D eigenvalue weighted by molar-refractivity contribution is 6.31. The number of aryl methyl sites for hydroxylation is 2. The standard InChI is InChI=1S/C12H12Cl2N4/c1-6-3-4-8(5-9(6)13)17-11-10(15)7(2)16-12(14)18-11/h3-5H,15H2,1-2H3,(H,16,17,18). The van der Waals surface area contributed by atoms with Crippen molar-refractivity contribution in [3.63, 3.8) is 0 Å². The summed E-state index contributed by atoms with van der Waals surface area (Å²) in [5.74, 6) is 0.479.